The van der Waals surface area contributed by atoms with Gasteiger partial charge in [-0.3, -0.25) is 9.59 Å². The van der Waals surface area contributed by atoms with Crippen LogP contribution in [0, 0.1) is 0 Å². The second-order valence-electron chi connectivity index (χ2n) is 5.63. The number of carbonyl (C=O) groups excluding carboxylic acids is 2. The average molecular weight is 334 g/mol. The van der Waals surface area contributed by atoms with Crippen LogP contribution in [0.2, 0.25) is 0 Å². The molecule has 0 saturated heterocycles. The molecule has 0 bridgehead atoms. The maximum Gasteiger partial charge on any atom is 0.360 e. The van der Waals surface area contributed by atoms with Gasteiger partial charge in [0.2, 0.25) is 0 Å². The minimum atomic E-state index is -0.666. The third kappa shape index (κ3) is 2.08. The van der Waals surface area contributed by atoms with Crippen molar-refractivity contribution in [1.82, 2.24) is 19.7 Å². The number of nitrogens with one attached hydrogen (secondary N) is 1. The van der Waals surface area contributed by atoms with Crippen molar-refractivity contribution in [2.24, 2.45) is 0 Å². The molecule has 1 amide bonds. The van der Waals surface area contributed by atoms with Crippen molar-refractivity contribution in [1.29, 1.82) is 0 Å². The zero-order chi connectivity index (χ0) is 17.6. The summed E-state index contributed by atoms with van der Waals surface area (Å²) in [4.78, 5) is 38.7. The first-order valence-corrected chi connectivity index (χ1v) is 7.55. The van der Waals surface area contributed by atoms with Crippen LogP contribution >= 0.6 is 0 Å². The second kappa shape index (κ2) is 5.66. The third-order valence-corrected chi connectivity index (χ3v) is 4.08. The van der Waals surface area contributed by atoms with Gasteiger partial charge in [-0.1, -0.05) is 0 Å². The molecule has 0 unspecified atom stereocenters. The van der Waals surface area contributed by atoms with Gasteiger partial charge in [0.15, 0.2) is 17.1 Å². The zero-order valence-corrected chi connectivity index (χ0v) is 13.9. The standard InChI is InChI=1S/C15H18N4O5/c1-5-24-15(22)9-10-8(13(20)17-16-9)12(23-4)11-14(21)18(3)6-7(2)19(10)11/h7H,5-6H2,1-4H3,(H,17,20)/t7-/m0/s1. The molecule has 1 aliphatic heterocycles. The Labute approximate surface area is 137 Å². The zero-order valence-electron chi connectivity index (χ0n) is 13.9. The highest BCUT2D eigenvalue weighted by molar-refractivity contribution is 6.09. The van der Waals surface area contributed by atoms with Crippen LogP contribution < -0.4 is 10.3 Å². The van der Waals surface area contributed by atoms with Gasteiger partial charge in [0.25, 0.3) is 11.5 Å². The van der Waals surface area contributed by atoms with E-state index < -0.39 is 11.5 Å². The third-order valence-electron chi connectivity index (χ3n) is 4.08. The molecular weight excluding hydrogens is 316 g/mol. The molecule has 0 saturated carbocycles. The first-order chi connectivity index (χ1) is 11.4. The van der Waals surface area contributed by atoms with E-state index >= 15 is 0 Å². The average Bonchev–Trinajstić information content (AvgIpc) is 2.89. The van der Waals surface area contributed by atoms with E-state index in [1.54, 1.807) is 23.4 Å². The van der Waals surface area contributed by atoms with Crippen LogP contribution in [-0.4, -0.2) is 58.8 Å². The highest BCUT2D eigenvalue weighted by atomic mass is 16.5. The number of H-pyrrole nitrogens is 1. The molecule has 0 fully saturated rings. The van der Waals surface area contributed by atoms with Gasteiger partial charge in [0.1, 0.15) is 5.39 Å². The van der Waals surface area contributed by atoms with Crippen molar-refractivity contribution in [3.63, 3.8) is 0 Å². The van der Waals surface area contributed by atoms with Crippen molar-refractivity contribution in [2.75, 3.05) is 27.3 Å². The Hall–Kier alpha value is -2.84. The number of carbonyl (C=O) groups is 2. The minimum Gasteiger partial charge on any atom is -0.493 e. The smallest absolute Gasteiger partial charge is 0.360 e. The Kier molecular flexibility index (Phi) is 3.78. The lowest BCUT2D eigenvalue weighted by molar-refractivity contribution is 0.0518. The predicted molar refractivity (Wildman–Crippen MR) is 84.5 cm³/mol. The summed E-state index contributed by atoms with van der Waals surface area (Å²) in [5.41, 5.74) is -0.0737. The number of hydrogen-bond donors (Lipinski definition) is 1. The number of methoxy groups -OCH3 is 1. The molecule has 1 N–H and O–H groups in total. The largest absolute Gasteiger partial charge is 0.493 e. The van der Waals surface area contributed by atoms with Gasteiger partial charge >= 0.3 is 5.97 Å². The maximum absolute atomic E-state index is 12.6. The number of ether oxygens (including phenoxy) is 2. The van der Waals surface area contributed by atoms with Gasteiger partial charge in [-0.25, -0.2) is 9.89 Å². The van der Waals surface area contributed by atoms with Gasteiger partial charge in [-0.05, 0) is 13.8 Å². The summed E-state index contributed by atoms with van der Waals surface area (Å²) >= 11 is 0. The maximum atomic E-state index is 12.6. The summed E-state index contributed by atoms with van der Waals surface area (Å²) in [5, 5.41) is 6.25. The number of aromatic amines is 1. The molecule has 24 heavy (non-hydrogen) atoms. The predicted octanol–water partition coefficient (Wildman–Crippen LogP) is 0.557. The van der Waals surface area contributed by atoms with Gasteiger partial charge in [-0.15, -0.1) is 0 Å². The molecule has 9 heteroatoms. The molecule has 2 aromatic heterocycles. The van der Waals surface area contributed by atoms with Crippen molar-refractivity contribution < 1.29 is 19.1 Å². The minimum absolute atomic E-state index is 0.0415. The molecule has 0 aromatic carbocycles. The molecular formula is C15H18N4O5. The highest BCUT2D eigenvalue weighted by Gasteiger charge is 2.37. The van der Waals surface area contributed by atoms with Crippen LogP contribution in [0.5, 0.6) is 5.75 Å². The monoisotopic (exact) mass is 334 g/mol. The molecule has 2 aromatic rings. The number of likely N-dealkylation sites (N-methyl/N-ethyl adjacent to an activating group) is 1. The first-order valence-electron chi connectivity index (χ1n) is 7.55. The lowest BCUT2D eigenvalue weighted by atomic mass is 10.2. The van der Waals surface area contributed by atoms with E-state index in [0.717, 1.165) is 0 Å². The van der Waals surface area contributed by atoms with Crippen LogP contribution in [-0.2, 0) is 4.74 Å². The normalized spacial score (nSPS) is 17.1. The Morgan fingerprint density at radius 3 is 2.75 bits per heavy atom. The molecule has 1 atom stereocenters. The fourth-order valence-corrected chi connectivity index (χ4v) is 3.15. The summed E-state index contributed by atoms with van der Waals surface area (Å²) in [5.74, 6) is -0.807. The summed E-state index contributed by atoms with van der Waals surface area (Å²) < 4.78 is 12.0. The first kappa shape index (κ1) is 16.0. The topological polar surface area (TPSA) is 107 Å². The van der Waals surface area contributed by atoms with Crippen LogP contribution in [0.1, 0.15) is 40.9 Å². The number of fused-ring (bicyclic) bond motifs is 3. The SMILES string of the molecule is CCOC(=O)c1n[nH]c(=O)c2c(OC)c3n(c12)[C@@H](C)CN(C)C3=O. The molecule has 0 aliphatic carbocycles. The van der Waals surface area contributed by atoms with Crippen molar-refractivity contribution >= 4 is 22.8 Å². The summed E-state index contributed by atoms with van der Waals surface area (Å²) in [6, 6.07) is -0.161. The summed E-state index contributed by atoms with van der Waals surface area (Å²) in [6.45, 7) is 4.18. The quantitative estimate of drug-likeness (QED) is 0.822. The molecule has 128 valence electrons. The molecule has 1 aliphatic rings. The number of nitrogens with zero attached hydrogens (tertiary/aromatic N) is 3. The Morgan fingerprint density at radius 1 is 1.42 bits per heavy atom. The lowest BCUT2D eigenvalue weighted by Gasteiger charge is -2.30. The van der Waals surface area contributed by atoms with Crippen LogP contribution in [0.25, 0.3) is 10.9 Å². The van der Waals surface area contributed by atoms with Crippen molar-refractivity contribution in [2.45, 2.75) is 19.9 Å². The van der Waals surface area contributed by atoms with Gasteiger partial charge in [-0.2, -0.15) is 5.10 Å². The highest BCUT2D eigenvalue weighted by Crippen LogP contribution is 2.37. The second-order valence-corrected chi connectivity index (χ2v) is 5.63. The fourth-order valence-electron chi connectivity index (χ4n) is 3.15. The van der Waals surface area contributed by atoms with Crippen LogP contribution in [0.3, 0.4) is 0 Å². The molecule has 9 nitrogen and oxygen atoms in total. The Bertz CT molecular complexity index is 897. The summed E-state index contributed by atoms with van der Waals surface area (Å²) in [7, 11) is 3.06. The molecule has 3 rings (SSSR count). The van der Waals surface area contributed by atoms with Crippen molar-refractivity contribution in [3.05, 3.63) is 21.7 Å². The number of esters is 1. The molecule has 0 spiro atoms. The number of hydrogen-bond acceptors (Lipinski definition) is 6. The Morgan fingerprint density at radius 2 is 2.12 bits per heavy atom. The molecule has 0 radical (unpaired) electrons. The number of rotatable bonds is 3. The van der Waals surface area contributed by atoms with E-state index in [9.17, 15) is 14.4 Å². The lowest BCUT2D eigenvalue weighted by Crippen LogP contribution is -2.39. The van der Waals surface area contributed by atoms with Gasteiger partial charge < -0.3 is 18.9 Å². The van der Waals surface area contributed by atoms with Gasteiger partial charge in [0.05, 0.1) is 19.2 Å². The van der Waals surface area contributed by atoms with E-state index in [0.29, 0.717) is 6.54 Å². The van der Waals surface area contributed by atoms with E-state index in [1.165, 1.54) is 7.11 Å². The summed E-state index contributed by atoms with van der Waals surface area (Å²) in [6.07, 6.45) is 0. The van der Waals surface area contributed by atoms with E-state index in [2.05, 4.69) is 10.2 Å². The molecule has 3 heterocycles. The van der Waals surface area contributed by atoms with Crippen LogP contribution in [0.4, 0.5) is 0 Å². The van der Waals surface area contributed by atoms with Gasteiger partial charge in [0, 0.05) is 19.6 Å². The van der Waals surface area contributed by atoms with E-state index in [4.69, 9.17) is 9.47 Å². The van der Waals surface area contributed by atoms with Crippen LogP contribution in [0.15, 0.2) is 4.79 Å². The van der Waals surface area contributed by atoms with E-state index in [-0.39, 0.29) is 46.6 Å². The fraction of sp³-hybridized carbons (Fsp3) is 0.467. The number of amides is 1. The Balaban J connectivity index is 2.47. The number of aromatic nitrogens is 3. The van der Waals surface area contributed by atoms with E-state index in [1.807, 2.05) is 6.92 Å². The van der Waals surface area contributed by atoms with Crippen molar-refractivity contribution in [3.8, 4) is 5.75 Å².